The Hall–Kier alpha value is -1.80. The smallest absolute Gasteiger partial charge is 0.164 e. The van der Waals surface area contributed by atoms with E-state index in [0.717, 1.165) is 30.1 Å². The Morgan fingerprint density at radius 2 is 1.32 bits per heavy atom. The summed E-state index contributed by atoms with van der Waals surface area (Å²) in [4.78, 5) is 9.66. The molecule has 0 bridgehead atoms. The lowest BCUT2D eigenvalue weighted by Crippen LogP contribution is -2.43. The van der Waals surface area contributed by atoms with E-state index in [1.807, 2.05) is 72.8 Å². The molecule has 28 heavy (non-hydrogen) atoms. The van der Waals surface area contributed by atoms with Gasteiger partial charge < -0.3 is 0 Å². The van der Waals surface area contributed by atoms with Crippen molar-refractivity contribution in [1.82, 2.24) is 5.01 Å². The van der Waals surface area contributed by atoms with Crippen molar-refractivity contribution >= 4 is 59.5 Å². The summed E-state index contributed by atoms with van der Waals surface area (Å²) in [5.74, 6) is 7.82. The average molecular weight is 563 g/mol. The molecule has 7 heteroatoms. The molecule has 0 spiro atoms. The summed E-state index contributed by atoms with van der Waals surface area (Å²) in [5.41, 5.74) is 2.82. The van der Waals surface area contributed by atoms with Gasteiger partial charge in [0, 0.05) is 24.5 Å². The molecule has 0 fully saturated rings. The van der Waals surface area contributed by atoms with Crippen molar-refractivity contribution in [3.8, 4) is 0 Å². The maximum absolute atomic E-state index is 6.51. The molecule has 3 aromatic carbocycles. The van der Waals surface area contributed by atoms with Crippen molar-refractivity contribution in [2.75, 3.05) is 0 Å². The fourth-order valence-electron chi connectivity index (χ4n) is 2.99. The fraction of sp³-hybridized carbons (Fsp3) is 0.0476. The number of nitrogens with zero attached hydrogens (tertiary/aromatic N) is 3. The minimum Gasteiger partial charge on any atom is -0.265 e. The molecule has 0 radical (unpaired) electrons. The van der Waals surface area contributed by atoms with Crippen LogP contribution in [0.1, 0.15) is 22.9 Å². The molecule has 1 atom stereocenters. The van der Waals surface area contributed by atoms with Crippen molar-refractivity contribution in [3.63, 3.8) is 0 Å². The Bertz CT molecular complexity index is 1090. The third-order valence-corrected chi connectivity index (χ3v) is 5.76. The Balaban J connectivity index is 1.87. The van der Waals surface area contributed by atoms with Gasteiger partial charge in [-0.3, -0.25) is 5.01 Å². The van der Waals surface area contributed by atoms with Crippen LogP contribution >= 0.6 is 47.8 Å². The van der Waals surface area contributed by atoms with Crippen LogP contribution in [0.15, 0.2) is 96.2 Å². The summed E-state index contributed by atoms with van der Waals surface area (Å²) in [5, 5.41) is 1.62. The Morgan fingerprint density at radius 1 is 0.750 bits per heavy atom. The second-order valence-corrected chi connectivity index (χ2v) is 8.99. The number of hydrogen-bond acceptors (Lipinski definition) is 4. The van der Waals surface area contributed by atoms with Gasteiger partial charge in [0.2, 0.25) is 0 Å². The van der Waals surface area contributed by atoms with Crippen molar-refractivity contribution in [2.24, 2.45) is 15.8 Å². The molecule has 4 nitrogen and oxygen atoms in total. The summed E-state index contributed by atoms with van der Waals surface area (Å²) in [6.07, 6.45) is -0.391. The van der Waals surface area contributed by atoms with E-state index in [2.05, 4.69) is 47.8 Å². The standard InChI is InChI=1S/C21H15Br3N4/c22-16-7-1-4-13(10-16)19-26-20(14-5-2-8-17(23)11-14)28(25)21(27-19)15-6-3-9-18(24)12-15/h1-12,20H,25H2. The second kappa shape index (κ2) is 8.29. The molecule has 2 N–H and O–H groups in total. The minimum absolute atomic E-state index is 0.391. The molecule has 1 heterocycles. The van der Waals surface area contributed by atoms with Crippen molar-refractivity contribution < 1.29 is 0 Å². The molecule has 0 amide bonds. The third-order valence-electron chi connectivity index (χ3n) is 4.28. The molecule has 1 unspecified atom stereocenters. The second-order valence-electron chi connectivity index (χ2n) is 6.24. The molecule has 1 aliphatic rings. The zero-order valence-corrected chi connectivity index (χ0v) is 19.3. The number of nitrogens with two attached hydrogens (primary N) is 1. The van der Waals surface area contributed by atoms with Gasteiger partial charge in [0.15, 0.2) is 17.8 Å². The van der Waals surface area contributed by atoms with Crippen LogP contribution in [0.4, 0.5) is 0 Å². The van der Waals surface area contributed by atoms with Crippen molar-refractivity contribution in [3.05, 3.63) is 103 Å². The Labute approximate surface area is 188 Å². The molecule has 3 aromatic rings. The maximum Gasteiger partial charge on any atom is 0.164 e. The van der Waals surface area contributed by atoms with Gasteiger partial charge >= 0.3 is 0 Å². The van der Waals surface area contributed by atoms with Gasteiger partial charge in [-0.05, 0) is 42.0 Å². The molecular formula is C21H15Br3N4. The van der Waals surface area contributed by atoms with Gasteiger partial charge in [-0.2, -0.15) is 0 Å². The molecule has 0 aromatic heterocycles. The molecule has 0 saturated heterocycles. The van der Waals surface area contributed by atoms with Crippen LogP contribution in [0.2, 0.25) is 0 Å². The summed E-state index contributed by atoms with van der Waals surface area (Å²) in [6, 6.07) is 23.9. The van der Waals surface area contributed by atoms with Crippen molar-refractivity contribution in [2.45, 2.75) is 6.17 Å². The summed E-state index contributed by atoms with van der Waals surface area (Å²) < 4.78 is 2.91. The number of hydrogen-bond donors (Lipinski definition) is 1. The first kappa shape index (κ1) is 19.5. The normalized spacial score (nSPS) is 16.6. The highest BCUT2D eigenvalue weighted by Gasteiger charge is 2.27. The maximum atomic E-state index is 6.51. The van der Waals surface area contributed by atoms with Gasteiger partial charge in [0.05, 0.1) is 0 Å². The predicted molar refractivity (Wildman–Crippen MR) is 124 cm³/mol. The highest BCUT2D eigenvalue weighted by atomic mass is 79.9. The van der Waals surface area contributed by atoms with Crippen LogP contribution in [0.3, 0.4) is 0 Å². The van der Waals surface area contributed by atoms with Crippen LogP contribution in [0.5, 0.6) is 0 Å². The first-order valence-electron chi connectivity index (χ1n) is 8.49. The van der Waals surface area contributed by atoms with E-state index in [-0.39, 0.29) is 0 Å². The number of halogens is 3. The summed E-state index contributed by atoms with van der Waals surface area (Å²) >= 11 is 10.6. The van der Waals surface area contributed by atoms with Gasteiger partial charge in [-0.15, -0.1) is 0 Å². The van der Waals surface area contributed by atoms with Gasteiger partial charge in [0.1, 0.15) is 0 Å². The average Bonchev–Trinajstić information content (AvgIpc) is 2.68. The number of rotatable bonds is 3. The fourth-order valence-corrected chi connectivity index (χ4v) is 4.21. The molecule has 0 saturated carbocycles. The highest BCUT2D eigenvalue weighted by Crippen LogP contribution is 2.29. The van der Waals surface area contributed by atoms with E-state index in [1.165, 1.54) is 0 Å². The predicted octanol–water partition coefficient (Wildman–Crippen LogP) is 6.06. The highest BCUT2D eigenvalue weighted by molar-refractivity contribution is 9.11. The monoisotopic (exact) mass is 560 g/mol. The Morgan fingerprint density at radius 3 is 1.96 bits per heavy atom. The lowest BCUT2D eigenvalue weighted by Gasteiger charge is -2.31. The topological polar surface area (TPSA) is 54.0 Å². The number of amidine groups is 2. The zero-order valence-electron chi connectivity index (χ0n) is 14.6. The Kier molecular flexibility index (Phi) is 5.78. The van der Waals surface area contributed by atoms with Gasteiger partial charge in [-0.1, -0.05) is 84.2 Å². The van der Waals surface area contributed by atoms with E-state index < -0.39 is 6.17 Å². The van der Waals surface area contributed by atoms with E-state index >= 15 is 0 Å². The zero-order chi connectivity index (χ0) is 19.7. The van der Waals surface area contributed by atoms with Crippen LogP contribution < -0.4 is 5.84 Å². The molecular weight excluding hydrogens is 548 g/mol. The minimum atomic E-state index is -0.391. The van der Waals surface area contributed by atoms with Crippen LogP contribution in [-0.2, 0) is 0 Å². The SMILES string of the molecule is NN1C(c2cccc(Br)c2)=NC(c2cccc(Br)c2)=NC1c1cccc(Br)c1. The third kappa shape index (κ3) is 4.12. The quantitative estimate of drug-likeness (QED) is 0.395. The lowest BCUT2D eigenvalue weighted by molar-refractivity contribution is 0.333. The van der Waals surface area contributed by atoms with E-state index in [0.29, 0.717) is 11.7 Å². The largest absolute Gasteiger partial charge is 0.265 e. The van der Waals surface area contributed by atoms with Crippen molar-refractivity contribution in [1.29, 1.82) is 0 Å². The first-order chi connectivity index (χ1) is 13.5. The van der Waals surface area contributed by atoms with Gasteiger partial charge in [0.25, 0.3) is 0 Å². The molecule has 4 rings (SSSR count). The van der Waals surface area contributed by atoms with Crippen LogP contribution in [0, 0.1) is 0 Å². The summed E-state index contributed by atoms with van der Waals surface area (Å²) in [7, 11) is 0. The van der Waals surface area contributed by atoms with Crippen LogP contribution in [0.25, 0.3) is 0 Å². The van der Waals surface area contributed by atoms with Crippen LogP contribution in [-0.4, -0.2) is 16.7 Å². The number of aliphatic imine (C=N–C) groups is 2. The number of benzene rings is 3. The van der Waals surface area contributed by atoms with E-state index in [9.17, 15) is 0 Å². The molecule has 1 aliphatic heterocycles. The van der Waals surface area contributed by atoms with E-state index in [4.69, 9.17) is 15.8 Å². The molecule has 140 valence electrons. The molecule has 0 aliphatic carbocycles. The first-order valence-corrected chi connectivity index (χ1v) is 10.9. The lowest BCUT2D eigenvalue weighted by atomic mass is 10.1. The summed E-state index contributed by atoms with van der Waals surface area (Å²) in [6.45, 7) is 0. The van der Waals surface area contributed by atoms with E-state index in [1.54, 1.807) is 5.01 Å². The van der Waals surface area contributed by atoms with Gasteiger partial charge in [-0.25, -0.2) is 15.8 Å². The number of hydrazine groups is 1.